The molecule has 0 N–H and O–H groups in total. The van der Waals surface area contributed by atoms with E-state index in [9.17, 15) is 9.59 Å². The third-order valence-corrected chi connectivity index (χ3v) is 6.44. The zero-order valence-corrected chi connectivity index (χ0v) is 17.0. The summed E-state index contributed by atoms with van der Waals surface area (Å²) in [7, 11) is 0. The Hall–Kier alpha value is -3.02. The van der Waals surface area contributed by atoms with Gasteiger partial charge in [0.05, 0.1) is 0 Å². The first-order chi connectivity index (χ1) is 14.7. The molecule has 3 aliphatic rings. The number of hydrogen-bond donors (Lipinski definition) is 0. The van der Waals surface area contributed by atoms with E-state index in [0.29, 0.717) is 43.4 Å². The van der Waals surface area contributed by atoms with Crippen molar-refractivity contribution in [3.8, 4) is 11.5 Å². The van der Waals surface area contributed by atoms with E-state index in [1.165, 1.54) is 0 Å². The van der Waals surface area contributed by atoms with Gasteiger partial charge in [0.25, 0.3) is 5.91 Å². The summed E-state index contributed by atoms with van der Waals surface area (Å²) in [4.78, 5) is 30.8. The molecule has 156 valence electrons. The van der Waals surface area contributed by atoms with Gasteiger partial charge >= 0.3 is 0 Å². The summed E-state index contributed by atoms with van der Waals surface area (Å²) in [6.07, 6.45) is 3.21. The fourth-order valence-corrected chi connectivity index (χ4v) is 5.01. The molecule has 0 saturated carbocycles. The van der Waals surface area contributed by atoms with Gasteiger partial charge in [-0.05, 0) is 49.4 Å². The molecule has 2 aromatic carbocycles. The Balaban J connectivity index is 1.40. The van der Waals surface area contributed by atoms with E-state index in [2.05, 4.69) is 0 Å². The normalized spacial score (nSPS) is 23.1. The SMILES string of the molecule is O=C(c1ccc2c(c1)OCCO2)N1CCCC12CCCN(Cc1ccccc1)C2=O. The first-order valence-corrected chi connectivity index (χ1v) is 10.7. The van der Waals surface area contributed by atoms with Crippen LogP contribution < -0.4 is 9.47 Å². The zero-order valence-electron chi connectivity index (χ0n) is 17.0. The maximum Gasteiger partial charge on any atom is 0.254 e. The van der Waals surface area contributed by atoms with Gasteiger partial charge in [-0.2, -0.15) is 0 Å². The highest BCUT2D eigenvalue weighted by molar-refractivity contribution is 6.00. The fourth-order valence-electron chi connectivity index (χ4n) is 5.01. The van der Waals surface area contributed by atoms with Crippen molar-refractivity contribution in [1.82, 2.24) is 9.80 Å². The van der Waals surface area contributed by atoms with Crippen molar-refractivity contribution in [1.29, 1.82) is 0 Å². The van der Waals surface area contributed by atoms with Crippen LogP contribution in [0.3, 0.4) is 0 Å². The van der Waals surface area contributed by atoms with Gasteiger partial charge in [0.2, 0.25) is 5.91 Å². The summed E-state index contributed by atoms with van der Waals surface area (Å²) >= 11 is 0. The summed E-state index contributed by atoms with van der Waals surface area (Å²) in [5.41, 5.74) is 0.941. The van der Waals surface area contributed by atoms with Crippen molar-refractivity contribution in [3.05, 3.63) is 59.7 Å². The molecule has 2 fully saturated rings. The van der Waals surface area contributed by atoms with Gasteiger partial charge < -0.3 is 19.3 Å². The van der Waals surface area contributed by atoms with Crippen molar-refractivity contribution < 1.29 is 19.1 Å². The van der Waals surface area contributed by atoms with E-state index in [1.807, 2.05) is 40.1 Å². The third kappa shape index (κ3) is 3.20. The second kappa shape index (κ2) is 7.67. The maximum atomic E-state index is 13.6. The average molecular weight is 406 g/mol. The molecule has 0 radical (unpaired) electrons. The Morgan fingerprint density at radius 1 is 0.933 bits per heavy atom. The lowest BCUT2D eigenvalue weighted by Gasteiger charge is -2.44. The second-order valence-corrected chi connectivity index (χ2v) is 8.27. The number of carbonyl (C=O) groups excluding carboxylic acids is 2. The first-order valence-electron chi connectivity index (χ1n) is 10.7. The fraction of sp³-hybridized carbons (Fsp3) is 0.417. The molecule has 6 heteroatoms. The quantitative estimate of drug-likeness (QED) is 0.785. The molecule has 0 aromatic heterocycles. The van der Waals surface area contributed by atoms with Crippen LogP contribution in [0.25, 0.3) is 0 Å². The average Bonchev–Trinajstić information content (AvgIpc) is 3.21. The number of piperidine rings is 1. The minimum absolute atomic E-state index is 0.0843. The minimum Gasteiger partial charge on any atom is -0.486 e. The van der Waals surface area contributed by atoms with Crippen LogP contribution in [-0.2, 0) is 11.3 Å². The van der Waals surface area contributed by atoms with E-state index in [-0.39, 0.29) is 11.8 Å². The van der Waals surface area contributed by atoms with Crippen molar-refractivity contribution in [2.45, 2.75) is 37.8 Å². The lowest BCUT2D eigenvalue weighted by Crippen LogP contribution is -2.61. The molecule has 3 heterocycles. The predicted molar refractivity (Wildman–Crippen MR) is 112 cm³/mol. The van der Waals surface area contributed by atoms with Crippen LogP contribution in [0.15, 0.2) is 48.5 Å². The van der Waals surface area contributed by atoms with E-state index in [0.717, 1.165) is 37.8 Å². The highest BCUT2D eigenvalue weighted by atomic mass is 16.6. The second-order valence-electron chi connectivity index (χ2n) is 8.27. The zero-order chi connectivity index (χ0) is 20.6. The van der Waals surface area contributed by atoms with Crippen LogP contribution in [0, 0.1) is 0 Å². The Kier molecular flexibility index (Phi) is 4.85. The molecule has 6 nitrogen and oxygen atoms in total. The first kappa shape index (κ1) is 19.0. The van der Waals surface area contributed by atoms with Crippen molar-refractivity contribution in [2.75, 3.05) is 26.3 Å². The standard InChI is InChI=1S/C24H26N2O4/c27-22(19-8-9-20-21(16-19)30-15-14-29-20)26-13-5-11-24(26)10-4-12-25(23(24)28)17-18-6-2-1-3-7-18/h1-3,6-9,16H,4-5,10-15,17H2. The Labute approximate surface area is 176 Å². The smallest absolute Gasteiger partial charge is 0.254 e. The van der Waals surface area contributed by atoms with Crippen LogP contribution in [0.1, 0.15) is 41.6 Å². The van der Waals surface area contributed by atoms with Crippen molar-refractivity contribution in [3.63, 3.8) is 0 Å². The highest BCUT2D eigenvalue weighted by Gasteiger charge is 2.52. The summed E-state index contributed by atoms with van der Waals surface area (Å²) in [6.45, 7) is 2.93. The van der Waals surface area contributed by atoms with Crippen LogP contribution in [-0.4, -0.2) is 53.5 Å². The summed E-state index contributed by atoms with van der Waals surface area (Å²) in [5, 5.41) is 0. The molecule has 30 heavy (non-hydrogen) atoms. The van der Waals surface area contributed by atoms with Crippen molar-refractivity contribution >= 4 is 11.8 Å². The number of rotatable bonds is 3. The number of nitrogens with zero attached hydrogens (tertiary/aromatic N) is 2. The number of likely N-dealkylation sites (tertiary alicyclic amines) is 2. The molecule has 1 unspecified atom stereocenters. The molecule has 2 amide bonds. The van der Waals surface area contributed by atoms with Crippen molar-refractivity contribution in [2.24, 2.45) is 0 Å². The molecule has 3 aliphatic heterocycles. The molecular weight excluding hydrogens is 380 g/mol. The minimum atomic E-state index is -0.725. The van der Waals surface area contributed by atoms with Gasteiger partial charge in [-0.15, -0.1) is 0 Å². The molecule has 0 aliphatic carbocycles. The molecule has 1 spiro atoms. The van der Waals surface area contributed by atoms with E-state index < -0.39 is 5.54 Å². The monoisotopic (exact) mass is 406 g/mol. The highest BCUT2D eigenvalue weighted by Crippen LogP contribution is 2.40. The van der Waals surface area contributed by atoms with E-state index in [1.54, 1.807) is 18.2 Å². The number of benzene rings is 2. The number of hydrogen-bond acceptors (Lipinski definition) is 4. The molecule has 1 atom stereocenters. The van der Waals surface area contributed by atoms with Gasteiger partial charge in [0, 0.05) is 25.2 Å². The van der Waals surface area contributed by atoms with Gasteiger partial charge in [-0.3, -0.25) is 9.59 Å². The molecule has 0 bridgehead atoms. The van der Waals surface area contributed by atoms with Crippen LogP contribution in [0.2, 0.25) is 0 Å². The summed E-state index contributed by atoms with van der Waals surface area (Å²) in [6, 6.07) is 15.4. The Morgan fingerprint density at radius 3 is 2.47 bits per heavy atom. The lowest BCUT2D eigenvalue weighted by molar-refractivity contribution is -0.146. The number of carbonyl (C=O) groups is 2. The Bertz CT molecular complexity index is 961. The predicted octanol–water partition coefficient (Wildman–Crippen LogP) is 3.26. The van der Waals surface area contributed by atoms with Gasteiger partial charge in [0.1, 0.15) is 18.8 Å². The van der Waals surface area contributed by atoms with Crippen LogP contribution in [0.4, 0.5) is 0 Å². The lowest BCUT2D eigenvalue weighted by atomic mass is 9.84. The molecule has 5 rings (SSSR count). The van der Waals surface area contributed by atoms with Gasteiger partial charge in [0.15, 0.2) is 11.5 Å². The third-order valence-electron chi connectivity index (χ3n) is 6.44. The number of amides is 2. The number of ether oxygens (including phenoxy) is 2. The van der Waals surface area contributed by atoms with E-state index in [4.69, 9.17) is 9.47 Å². The molecule has 2 saturated heterocycles. The van der Waals surface area contributed by atoms with E-state index >= 15 is 0 Å². The maximum absolute atomic E-state index is 13.6. The molecule has 2 aromatic rings. The van der Waals surface area contributed by atoms with Gasteiger partial charge in [-0.1, -0.05) is 30.3 Å². The van der Waals surface area contributed by atoms with Crippen LogP contribution in [0.5, 0.6) is 11.5 Å². The topological polar surface area (TPSA) is 59.1 Å². The van der Waals surface area contributed by atoms with Gasteiger partial charge in [-0.25, -0.2) is 0 Å². The summed E-state index contributed by atoms with van der Waals surface area (Å²) in [5.74, 6) is 1.25. The van der Waals surface area contributed by atoms with Crippen LogP contribution >= 0.6 is 0 Å². The molecular formula is C24H26N2O4. The summed E-state index contributed by atoms with van der Waals surface area (Å²) < 4.78 is 11.2. The number of fused-ring (bicyclic) bond motifs is 1. The largest absolute Gasteiger partial charge is 0.486 e. The Morgan fingerprint density at radius 2 is 1.67 bits per heavy atom.